The van der Waals surface area contributed by atoms with E-state index in [9.17, 15) is 14.7 Å². The lowest BCUT2D eigenvalue weighted by atomic mass is 9.95. The molecule has 9 heteroatoms. The summed E-state index contributed by atoms with van der Waals surface area (Å²) >= 11 is 6.22. The molecular weight excluding hydrogens is 470 g/mol. The summed E-state index contributed by atoms with van der Waals surface area (Å²) in [6.07, 6.45) is 0. The van der Waals surface area contributed by atoms with Crippen LogP contribution in [0.2, 0.25) is 5.02 Å². The number of hydrogen-bond donors (Lipinski definition) is 2. The Kier molecular flexibility index (Phi) is 5.66. The minimum absolute atomic E-state index is 0.107. The van der Waals surface area contributed by atoms with Gasteiger partial charge in [0.2, 0.25) is 5.95 Å². The van der Waals surface area contributed by atoms with Crippen LogP contribution < -0.4 is 14.4 Å². The lowest BCUT2D eigenvalue weighted by molar-refractivity contribution is -0.132. The number of aromatic amines is 1. The summed E-state index contributed by atoms with van der Waals surface area (Å²) in [7, 11) is 2.85. The van der Waals surface area contributed by atoms with Crippen LogP contribution in [-0.4, -0.2) is 41.0 Å². The highest BCUT2D eigenvalue weighted by Crippen LogP contribution is 2.44. The topological polar surface area (TPSA) is 105 Å². The van der Waals surface area contributed by atoms with E-state index in [2.05, 4.69) is 9.97 Å². The monoisotopic (exact) mass is 489 g/mol. The van der Waals surface area contributed by atoms with E-state index in [0.717, 1.165) is 0 Å². The SMILES string of the molecule is COc1cc(/C(O)=C2\C(=O)C(=O)N(c3nc4ccccc4[nH]3)C2c2ccccc2)c(OC)cc1Cl. The number of aliphatic hydroxyl groups is 1. The fraction of sp³-hybridized carbons (Fsp3) is 0.115. The second kappa shape index (κ2) is 8.81. The first-order chi connectivity index (χ1) is 16.9. The summed E-state index contributed by atoms with van der Waals surface area (Å²) in [5.74, 6) is -1.40. The van der Waals surface area contributed by atoms with E-state index in [1.54, 1.807) is 30.3 Å². The van der Waals surface area contributed by atoms with Gasteiger partial charge in [0.05, 0.1) is 47.5 Å². The second-order valence-corrected chi connectivity index (χ2v) is 8.25. The van der Waals surface area contributed by atoms with Crippen LogP contribution in [0.1, 0.15) is 17.2 Å². The number of ketones is 1. The number of imidazole rings is 1. The third kappa shape index (κ3) is 3.68. The molecule has 1 amide bonds. The van der Waals surface area contributed by atoms with Crippen molar-refractivity contribution in [3.8, 4) is 11.5 Å². The molecule has 1 atom stereocenters. The number of para-hydroxylation sites is 2. The van der Waals surface area contributed by atoms with Gasteiger partial charge in [-0.3, -0.25) is 14.5 Å². The number of carbonyl (C=O) groups is 2. The molecule has 4 aromatic rings. The average molecular weight is 490 g/mol. The molecule has 5 rings (SSSR count). The van der Waals surface area contributed by atoms with E-state index in [1.165, 1.54) is 31.3 Å². The van der Waals surface area contributed by atoms with E-state index in [0.29, 0.717) is 16.6 Å². The third-order valence-corrected chi connectivity index (χ3v) is 6.19. The van der Waals surface area contributed by atoms with Crippen molar-refractivity contribution in [2.75, 3.05) is 19.1 Å². The highest BCUT2D eigenvalue weighted by molar-refractivity contribution is 6.51. The van der Waals surface area contributed by atoms with Gasteiger partial charge in [-0.1, -0.05) is 54.1 Å². The largest absolute Gasteiger partial charge is 0.507 e. The van der Waals surface area contributed by atoms with Gasteiger partial charge in [0.1, 0.15) is 17.3 Å². The maximum atomic E-state index is 13.4. The fourth-order valence-electron chi connectivity index (χ4n) is 4.25. The first-order valence-electron chi connectivity index (χ1n) is 10.7. The number of methoxy groups -OCH3 is 2. The summed E-state index contributed by atoms with van der Waals surface area (Å²) < 4.78 is 10.7. The molecule has 0 aliphatic carbocycles. The first-order valence-corrected chi connectivity index (χ1v) is 11.0. The number of hydrogen-bond acceptors (Lipinski definition) is 6. The molecule has 0 saturated carbocycles. The molecule has 1 aliphatic heterocycles. The van der Waals surface area contributed by atoms with E-state index >= 15 is 0 Å². The minimum Gasteiger partial charge on any atom is -0.507 e. The summed E-state index contributed by atoms with van der Waals surface area (Å²) in [6, 6.07) is 18.3. The second-order valence-electron chi connectivity index (χ2n) is 7.84. The number of carbonyl (C=O) groups excluding carboxylic acids is 2. The molecule has 176 valence electrons. The number of Topliss-reactive ketones (excluding diaryl/α,β-unsaturated/α-hetero) is 1. The van der Waals surface area contributed by atoms with Crippen molar-refractivity contribution in [2.45, 2.75) is 6.04 Å². The molecule has 8 nitrogen and oxygen atoms in total. The number of anilines is 1. The zero-order chi connectivity index (χ0) is 24.7. The molecule has 2 N–H and O–H groups in total. The van der Waals surface area contributed by atoms with Gasteiger partial charge >= 0.3 is 5.91 Å². The van der Waals surface area contributed by atoms with E-state index in [4.69, 9.17) is 21.1 Å². The Bertz CT molecular complexity index is 1460. The van der Waals surface area contributed by atoms with Gasteiger partial charge in [0, 0.05) is 6.07 Å². The van der Waals surface area contributed by atoms with Crippen LogP contribution in [0.5, 0.6) is 11.5 Å². The molecule has 0 bridgehead atoms. The molecule has 1 fully saturated rings. The van der Waals surface area contributed by atoms with Crippen LogP contribution in [-0.2, 0) is 9.59 Å². The van der Waals surface area contributed by atoms with Crippen molar-refractivity contribution in [1.82, 2.24) is 9.97 Å². The average Bonchev–Trinajstić information content (AvgIpc) is 3.42. The number of nitrogens with zero attached hydrogens (tertiary/aromatic N) is 2. The Balaban J connectivity index is 1.76. The third-order valence-electron chi connectivity index (χ3n) is 5.89. The zero-order valence-electron chi connectivity index (χ0n) is 18.8. The summed E-state index contributed by atoms with van der Waals surface area (Å²) in [5, 5.41) is 11.7. The number of benzene rings is 3. The predicted octanol–water partition coefficient (Wildman–Crippen LogP) is 4.86. The number of amides is 1. The van der Waals surface area contributed by atoms with Gasteiger partial charge in [0.15, 0.2) is 0 Å². The summed E-state index contributed by atoms with van der Waals surface area (Å²) in [5.41, 5.74) is 2.02. The van der Waals surface area contributed by atoms with E-state index in [1.807, 2.05) is 24.3 Å². The summed E-state index contributed by atoms with van der Waals surface area (Å²) in [4.78, 5) is 35.6. The molecule has 0 radical (unpaired) electrons. The number of rotatable bonds is 5. The molecule has 0 spiro atoms. The molecule has 3 aromatic carbocycles. The first kappa shape index (κ1) is 22.5. The smallest absolute Gasteiger partial charge is 0.302 e. The van der Waals surface area contributed by atoms with Gasteiger partial charge in [-0.2, -0.15) is 0 Å². The minimum atomic E-state index is -0.942. The van der Waals surface area contributed by atoms with E-state index < -0.39 is 23.5 Å². The molecule has 1 aliphatic rings. The van der Waals surface area contributed by atoms with Crippen molar-refractivity contribution in [3.63, 3.8) is 0 Å². The highest BCUT2D eigenvalue weighted by Gasteiger charge is 2.48. The van der Waals surface area contributed by atoms with Crippen LogP contribution in [0.15, 0.2) is 72.3 Å². The molecule has 35 heavy (non-hydrogen) atoms. The number of aromatic nitrogens is 2. The Morgan fingerprint density at radius 3 is 2.37 bits per heavy atom. The van der Waals surface area contributed by atoms with E-state index in [-0.39, 0.29) is 33.6 Å². The maximum Gasteiger partial charge on any atom is 0.302 e. The number of halogens is 1. The van der Waals surface area contributed by atoms with Crippen LogP contribution in [0.25, 0.3) is 16.8 Å². The Morgan fingerprint density at radius 2 is 1.69 bits per heavy atom. The van der Waals surface area contributed by atoms with Crippen LogP contribution in [0.4, 0.5) is 5.95 Å². The number of fused-ring (bicyclic) bond motifs is 1. The fourth-order valence-corrected chi connectivity index (χ4v) is 4.48. The normalized spacial score (nSPS) is 17.2. The summed E-state index contributed by atoms with van der Waals surface area (Å²) in [6.45, 7) is 0. The Morgan fingerprint density at radius 1 is 1.00 bits per heavy atom. The number of H-pyrrole nitrogens is 1. The van der Waals surface area contributed by atoms with Crippen molar-refractivity contribution < 1.29 is 24.2 Å². The van der Waals surface area contributed by atoms with Gasteiger partial charge in [-0.15, -0.1) is 0 Å². The lowest BCUT2D eigenvalue weighted by Gasteiger charge is -2.23. The molecule has 1 aromatic heterocycles. The van der Waals surface area contributed by atoms with Gasteiger partial charge in [-0.25, -0.2) is 4.98 Å². The van der Waals surface area contributed by atoms with Crippen LogP contribution >= 0.6 is 11.6 Å². The lowest BCUT2D eigenvalue weighted by Crippen LogP contribution is -2.30. The highest BCUT2D eigenvalue weighted by atomic mass is 35.5. The Labute approximate surface area is 205 Å². The Hall–Kier alpha value is -4.30. The predicted molar refractivity (Wildman–Crippen MR) is 132 cm³/mol. The molecule has 2 heterocycles. The molecular formula is C26H20ClN3O5. The van der Waals surface area contributed by atoms with Gasteiger partial charge in [-0.05, 0) is 23.8 Å². The molecule has 1 saturated heterocycles. The number of nitrogens with one attached hydrogen (secondary N) is 1. The van der Waals surface area contributed by atoms with Gasteiger partial charge in [0.25, 0.3) is 5.78 Å². The van der Waals surface area contributed by atoms with Crippen molar-refractivity contribution >= 4 is 46.0 Å². The molecule has 1 unspecified atom stereocenters. The van der Waals surface area contributed by atoms with Crippen molar-refractivity contribution in [3.05, 3.63) is 88.5 Å². The van der Waals surface area contributed by atoms with Gasteiger partial charge < -0.3 is 19.6 Å². The number of aliphatic hydroxyl groups excluding tert-OH is 1. The number of ether oxygens (including phenoxy) is 2. The maximum absolute atomic E-state index is 13.4. The standard InChI is InChI=1S/C26H20ClN3O5/c1-34-19-13-16(27)20(35-2)12-15(19)23(31)21-22(14-8-4-3-5-9-14)30(25(33)24(21)32)26-28-17-10-6-7-11-18(17)29-26/h3-13,22,31H,1-2H3,(H,28,29)/b23-21+. The van der Waals surface area contributed by atoms with Crippen LogP contribution in [0.3, 0.4) is 0 Å². The van der Waals surface area contributed by atoms with Crippen molar-refractivity contribution in [1.29, 1.82) is 0 Å². The van der Waals surface area contributed by atoms with Crippen molar-refractivity contribution in [2.24, 2.45) is 0 Å². The van der Waals surface area contributed by atoms with Crippen LogP contribution in [0, 0.1) is 0 Å². The zero-order valence-corrected chi connectivity index (χ0v) is 19.5. The quantitative estimate of drug-likeness (QED) is 0.236.